The number of morpholine rings is 2. The number of ether oxygens (including phenoxy) is 2. The molecule has 12 heteroatoms. The molecule has 0 atom stereocenters. The molecule has 4 rings (SSSR count). The molecule has 0 aliphatic carbocycles. The molecule has 2 aromatic heterocycles. The van der Waals surface area contributed by atoms with E-state index in [0.717, 1.165) is 83.4 Å². The number of rotatable bonds is 13. The van der Waals surface area contributed by atoms with Gasteiger partial charge in [-0.2, -0.15) is 0 Å². The fourth-order valence-corrected chi connectivity index (χ4v) is 5.04. The number of hydrogen-bond donors (Lipinski definition) is 2. The molecule has 0 unspecified atom stereocenters. The van der Waals surface area contributed by atoms with Crippen LogP contribution in [-0.2, 0) is 15.2 Å². The lowest BCUT2D eigenvalue weighted by atomic mass is 10.1. The summed E-state index contributed by atoms with van der Waals surface area (Å²) < 4.78 is 16.2. The highest BCUT2D eigenvalue weighted by Crippen LogP contribution is 2.25. The van der Waals surface area contributed by atoms with Crippen LogP contribution in [0.25, 0.3) is 0 Å². The van der Waals surface area contributed by atoms with E-state index in [4.69, 9.17) is 14.0 Å². The number of nitrogens with one attached hydrogen (secondary N) is 2. The van der Waals surface area contributed by atoms with Crippen LogP contribution >= 0.6 is 11.8 Å². The summed E-state index contributed by atoms with van der Waals surface area (Å²) in [6, 6.07) is 3.77. The predicted octanol–water partition coefficient (Wildman–Crippen LogP) is 1.27. The monoisotopic (exact) mass is 532 g/mol. The van der Waals surface area contributed by atoms with Crippen molar-refractivity contribution in [3.8, 4) is 0 Å². The Morgan fingerprint density at radius 2 is 1.43 bits per heavy atom. The summed E-state index contributed by atoms with van der Waals surface area (Å²) in [5, 5.41) is 9.94. The molecule has 2 fully saturated rings. The van der Waals surface area contributed by atoms with Crippen LogP contribution in [0.4, 0.5) is 0 Å². The van der Waals surface area contributed by atoms with Gasteiger partial charge < -0.3 is 24.6 Å². The summed E-state index contributed by atoms with van der Waals surface area (Å²) in [5.74, 6) is -0.406. The van der Waals surface area contributed by atoms with E-state index >= 15 is 0 Å². The molecular weight excluding hydrogens is 496 g/mol. The van der Waals surface area contributed by atoms with Crippen molar-refractivity contribution >= 4 is 23.6 Å². The molecule has 37 heavy (non-hydrogen) atoms. The van der Waals surface area contributed by atoms with Crippen molar-refractivity contribution in [1.29, 1.82) is 0 Å². The second-order valence-electron chi connectivity index (χ2n) is 8.93. The van der Waals surface area contributed by atoms with Gasteiger partial charge in [0.1, 0.15) is 11.3 Å². The standard InChI is InChI=1S/C25H36N6O5S/c32-24(27-5-1-9-30-11-15-34-16-12-30)22-21(19-37-20-3-7-26-8-4-20)29-36-23(22)25(33)28-6-2-10-31-13-17-35-18-14-31/h3-4,7-8H,1-2,5-6,9-19H2,(H,27,32)(H,28,33). The highest BCUT2D eigenvalue weighted by atomic mass is 32.2. The Labute approximate surface area is 221 Å². The Kier molecular flexibility index (Phi) is 11.2. The molecule has 11 nitrogen and oxygen atoms in total. The number of amides is 2. The number of pyridine rings is 1. The van der Waals surface area contributed by atoms with Gasteiger partial charge in [0, 0.05) is 62.3 Å². The molecule has 2 aliphatic heterocycles. The molecule has 202 valence electrons. The van der Waals surface area contributed by atoms with Gasteiger partial charge in [0.05, 0.1) is 26.4 Å². The molecule has 0 saturated carbocycles. The van der Waals surface area contributed by atoms with Gasteiger partial charge in [-0.25, -0.2) is 0 Å². The first-order valence-corrected chi connectivity index (χ1v) is 13.9. The first-order valence-electron chi connectivity index (χ1n) is 12.9. The van der Waals surface area contributed by atoms with E-state index in [1.807, 2.05) is 12.1 Å². The van der Waals surface area contributed by atoms with Gasteiger partial charge in [0.15, 0.2) is 0 Å². The van der Waals surface area contributed by atoms with E-state index in [-0.39, 0.29) is 17.2 Å². The van der Waals surface area contributed by atoms with Crippen molar-refractivity contribution in [2.75, 3.05) is 78.8 Å². The van der Waals surface area contributed by atoms with Gasteiger partial charge in [-0.1, -0.05) is 5.16 Å². The molecule has 2 N–H and O–H groups in total. The number of aromatic nitrogens is 2. The summed E-state index contributed by atoms with van der Waals surface area (Å²) in [6.45, 7) is 9.36. The summed E-state index contributed by atoms with van der Waals surface area (Å²) in [6.07, 6.45) is 5.03. The maximum absolute atomic E-state index is 13.2. The van der Waals surface area contributed by atoms with Crippen molar-refractivity contribution in [1.82, 2.24) is 30.6 Å². The van der Waals surface area contributed by atoms with Crippen LogP contribution < -0.4 is 10.6 Å². The Hall–Kier alpha value is -2.51. The van der Waals surface area contributed by atoms with Crippen LogP contribution in [-0.4, -0.2) is 111 Å². The molecule has 0 radical (unpaired) electrons. The van der Waals surface area contributed by atoms with E-state index in [9.17, 15) is 9.59 Å². The van der Waals surface area contributed by atoms with Crippen molar-refractivity contribution in [3.05, 3.63) is 41.5 Å². The molecule has 0 aromatic carbocycles. The molecule has 0 spiro atoms. The Morgan fingerprint density at radius 3 is 2.03 bits per heavy atom. The summed E-state index contributed by atoms with van der Waals surface area (Å²) in [4.78, 5) is 35.8. The average Bonchev–Trinajstić information content (AvgIpc) is 3.38. The van der Waals surface area contributed by atoms with Crippen LogP contribution in [0.3, 0.4) is 0 Å². The topological polar surface area (TPSA) is 122 Å². The van der Waals surface area contributed by atoms with Crippen LogP contribution in [0.2, 0.25) is 0 Å². The van der Waals surface area contributed by atoms with Crippen LogP contribution in [0, 0.1) is 0 Å². The number of carbonyl (C=O) groups is 2. The fourth-order valence-electron chi connectivity index (χ4n) is 4.22. The lowest BCUT2D eigenvalue weighted by Crippen LogP contribution is -2.38. The van der Waals surface area contributed by atoms with Gasteiger partial charge >= 0.3 is 0 Å². The van der Waals surface area contributed by atoms with Gasteiger partial charge in [-0.3, -0.25) is 24.4 Å². The third-order valence-electron chi connectivity index (χ3n) is 6.30. The van der Waals surface area contributed by atoms with Crippen LogP contribution in [0.5, 0.6) is 0 Å². The van der Waals surface area contributed by atoms with Crippen LogP contribution in [0.1, 0.15) is 39.4 Å². The van der Waals surface area contributed by atoms with E-state index in [1.54, 1.807) is 12.4 Å². The second kappa shape index (κ2) is 15.0. The minimum atomic E-state index is -0.423. The Bertz CT molecular complexity index is 979. The minimum Gasteiger partial charge on any atom is -0.379 e. The van der Waals surface area contributed by atoms with Crippen molar-refractivity contribution in [2.24, 2.45) is 0 Å². The number of thioether (sulfide) groups is 1. The molecule has 2 saturated heterocycles. The number of hydrogen-bond acceptors (Lipinski definition) is 10. The molecular formula is C25H36N6O5S. The summed E-state index contributed by atoms with van der Waals surface area (Å²) in [5.41, 5.74) is 0.657. The lowest BCUT2D eigenvalue weighted by Gasteiger charge is -2.26. The van der Waals surface area contributed by atoms with Gasteiger partial charge in [0.2, 0.25) is 5.76 Å². The smallest absolute Gasteiger partial charge is 0.290 e. The van der Waals surface area contributed by atoms with Crippen molar-refractivity contribution in [2.45, 2.75) is 23.5 Å². The number of nitrogens with zero attached hydrogens (tertiary/aromatic N) is 4. The first kappa shape index (κ1) is 27.5. The molecule has 4 heterocycles. The second-order valence-corrected chi connectivity index (χ2v) is 9.98. The van der Waals surface area contributed by atoms with Crippen molar-refractivity contribution < 1.29 is 23.6 Å². The highest BCUT2D eigenvalue weighted by Gasteiger charge is 2.27. The third kappa shape index (κ3) is 8.78. The molecule has 0 bridgehead atoms. The van der Waals surface area contributed by atoms with Crippen molar-refractivity contribution in [3.63, 3.8) is 0 Å². The summed E-state index contributed by atoms with van der Waals surface area (Å²) >= 11 is 1.51. The maximum Gasteiger partial charge on any atom is 0.290 e. The fraction of sp³-hybridized carbons (Fsp3) is 0.600. The molecule has 2 amide bonds. The predicted molar refractivity (Wildman–Crippen MR) is 139 cm³/mol. The van der Waals surface area contributed by atoms with E-state index < -0.39 is 5.91 Å². The van der Waals surface area contributed by atoms with Gasteiger partial charge in [0.25, 0.3) is 11.8 Å². The number of carbonyl (C=O) groups excluding carboxylic acids is 2. The minimum absolute atomic E-state index is 0.0395. The van der Waals surface area contributed by atoms with E-state index in [1.165, 1.54) is 11.8 Å². The van der Waals surface area contributed by atoms with Gasteiger partial charge in [-0.15, -0.1) is 11.8 Å². The average molecular weight is 533 g/mol. The van der Waals surface area contributed by atoms with Gasteiger partial charge in [-0.05, 0) is 38.1 Å². The normalized spacial score (nSPS) is 17.0. The van der Waals surface area contributed by atoms with Crippen LogP contribution in [0.15, 0.2) is 33.9 Å². The maximum atomic E-state index is 13.2. The first-order chi connectivity index (χ1) is 18.2. The highest BCUT2D eigenvalue weighted by molar-refractivity contribution is 7.98. The SMILES string of the molecule is O=C(NCCCN1CCOCC1)c1onc(CSc2ccncc2)c1C(=O)NCCCN1CCOCC1. The largest absolute Gasteiger partial charge is 0.379 e. The lowest BCUT2D eigenvalue weighted by molar-refractivity contribution is 0.0373. The zero-order chi connectivity index (χ0) is 25.7. The third-order valence-corrected chi connectivity index (χ3v) is 7.33. The zero-order valence-electron chi connectivity index (χ0n) is 21.2. The summed E-state index contributed by atoms with van der Waals surface area (Å²) in [7, 11) is 0. The molecule has 2 aliphatic rings. The molecule has 2 aromatic rings. The Balaban J connectivity index is 1.33. The quantitative estimate of drug-likeness (QED) is 0.288. The van der Waals surface area contributed by atoms with E-state index in [0.29, 0.717) is 24.5 Å². The zero-order valence-corrected chi connectivity index (χ0v) is 22.0. The van der Waals surface area contributed by atoms with E-state index in [2.05, 4.69) is 30.6 Å². The Morgan fingerprint density at radius 1 is 0.865 bits per heavy atom.